The van der Waals surface area contributed by atoms with Crippen LogP contribution in [-0.2, 0) is 0 Å². The van der Waals surface area contributed by atoms with Crippen LogP contribution in [0.2, 0.25) is 5.02 Å². The Labute approximate surface area is 132 Å². The summed E-state index contributed by atoms with van der Waals surface area (Å²) in [4.78, 5) is 16.8. The van der Waals surface area contributed by atoms with Crippen LogP contribution < -0.4 is 10.1 Å². The van der Waals surface area contributed by atoms with Gasteiger partial charge in [0.1, 0.15) is 5.75 Å². The lowest BCUT2D eigenvalue weighted by Crippen LogP contribution is -2.13. The van der Waals surface area contributed by atoms with Crippen molar-refractivity contribution < 1.29 is 9.53 Å². The second-order valence-electron chi connectivity index (χ2n) is 4.68. The number of nitrogens with one attached hydrogen (secondary N) is 1. The molecule has 110 valence electrons. The number of fused-ring (bicyclic) bond motifs is 1. The van der Waals surface area contributed by atoms with E-state index in [1.807, 2.05) is 30.3 Å². The first-order valence-corrected chi connectivity index (χ1v) is 7.05. The van der Waals surface area contributed by atoms with E-state index in [9.17, 15) is 4.79 Å². The van der Waals surface area contributed by atoms with E-state index in [1.54, 1.807) is 24.4 Å². The van der Waals surface area contributed by atoms with Gasteiger partial charge >= 0.3 is 0 Å². The summed E-state index contributed by atoms with van der Waals surface area (Å²) in [5.74, 6) is 0.157. The highest BCUT2D eigenvalue weighted by Gasteiger charge is 2.14. The van der Waals surface area contributed by atoms with Gasteiger partial charge in [0, 0.05) is 16.6 Å². The zero-order chi connectivity index (χ0) is 15.5. The van der Waals surface area contributed by atoms with Gasteiger partial charge in [0.15, 0.2) is 0 Å². The number of carbonyl (C=O) groups is 1. The monoisotopic (exact) mass is 312 g/mol. The molecule has 0 bridgehead atoms. The van der Waals surface area contributed by atoms with Gasteiger partial charge in [-0.3, -0.25) is 9.78 Å². The number of halogens is 1. The summed E-state index contributed by atoms with van der Waals surface area (Å²) < 4.78 is 5.21. The predicted octanol–water partition coefficient (Wildman–Crippen LogP) is 4.15. The Morgan fingerprint density at radius 3 is 2.82 bits per heavy atom. The fraction of sp³-hybridized carbons (Fsp3) is 0.0588. The van der Waals surface area contributed by atoms with Crippen LogP contribution in [0.5, 0.6) is 5.75 Å². The third-order valence-electron chi connectivity index (χ3n) is 3.29. The number of ether oxygens (including phenoxy) is 1. The van der Waals surface area contributed by atoms with Crippen LogP contribution in [0.4, 0.5) is 5.69 Å². The van der Waals surface area contributed by atoms with Crippen molar-refractivity contribution in [1.29, 1.82) is 0 Å². The van der Waals surface area contributed by atoms with Gasteiger partial charge in [0.2, 0.25) is 0 Å². The largest absolute Gasteiger partial charge is 0.496 e. The number of para-hydroxylation sites is 1. The molecule has 5 heteroatoms. The van der Waals surface area contributed by atoms with Crippen molar-refractivity contribution in [2.45, 2.75) is 0 Å². The van der Waals surface area contributed by atoms with Crippen LogP contribution >= 0.6 is 11.6 Å². The fourth-order valence-electron chi connectivity index (χ4n) is 2.25. The second-order valence-corrected chi connectivity index (χ2v) is 5.12. The first-order chi connectivity index (χ1) is 10.7. The number of pyridine rings is 1. The highest BCUT2D eigenvalue weighted by atomic mass is 35.5. The molecule has 4 nitrogen and oxygen atoms in total. The molecule has 0 spiro atoms. The van der Waals surface area contributed by atoms with E-state index >= 15 is 0 Å². The van der Waals surface area contributed by atoms with Gasteiger partial charge in [-0.25, -0.2) is 0 Å². The maximum Gasteiger partial charge on any atom is 0.259 e. The number of methoxy groups -OCH3 is 1. The number of nitrogens with zero attached hydrogens (tertiary/aromatic N) is 1. The van der Waals surface area contributed by atoms with Crippen LogP contribution in [0.1, 0.15) is 10.4 Å². The van der Waals surface area contributed by atoms with Crippen molar-refractivity contribution in [2.75, 3.05) is 12.4 Å². The van der Waals surface area contributed by atoms with Crippen LogP contribution in [0, 0.1) is 0 Å². The minimum atomic E-state index is -0.272. The van der Waals surface area contributed by atoms with Gasteiger partial charge in [-0.1, -0.05) is 29.8 Å². The maximum absolute atomic E-state index is 12.5. The van der Waals surface area contributed by atoms with Crippen molar-refractivity contribution in [1.82, 2.24) is 4.98 Å². The minimum Gasteiger partial charge on any atom is -0.496 e. The summed E-state index contributed by atoms with van der Waals surface area (Å²) in [7, 11) is 1.50. The Morgan fingerprint density at radius 2 is 2.00 bits per heavy atom. The number of hydrogen-bond donors (Lipinski definition) is 1. The summed E-state index contributed by atoms with van der Waals surface area (Å²) in [5.41, 5.74) is 1.81. The molecule has 22 heavy (non-hydrogen) atoms. The first kappa shape index (κ1) is 14.4. The SMILES string of the molecule is COc1cc(Cl)ccc1C(=O)Nc1cccc2cccnc12. The lowest BCUT2D eigenvalue weighted by Gasteiger charge is -2.11. The van der Waals surface area contributed by atoms with Gasteiger partial charge in [-0.05, 0) is 30.3 Å². The van der Waals surface area contributed by atoms with E-state index in [4.69, 9.17) is 16.3 Å². The number of amides is 1. The smallest absolute Gasteiger partial charge is 0.259 e. The summed E-state index contributed by atoms with van der Waals surface area (Å²) in [6, 6.07) is 14.3. The summed E-state index contributed by atoms with van der Waals surface area (Å²) in [6.45, 7) is 0. The molecule has 0 unspecified atom stereocenters. The number of anilines is 1. The molecule has 0 aliphatic carbocycles. The van der Waals surface area contributed by atoms with E-state index in [-0.39, 0.29) is 5.91 Å². The molecule has 0 atom stereocenters. The van der Waals surface area contributed by atoms with Gasteiger partial charge in [-0.2, -0.15) is 0 Å². The van der Waals surface area contributed by atoms with Crippen LogP contribution in [0.25, 0.3) is 10.9 Å². The molecule has 1 aromatic heterocycles. The zero-order valence-corrected chi connectivity index (χ0v) is 12.6. The lowest BCUT2D eigenvalue weighted by molar-refractivity contribution is 0.102. The molecule has 1 heterocycles. The fourth-order valence-corrected chi connectivity index (χ4v) is 2.41. The summed E-state index contributed by atoms with van der Waals surface area (Å²) in [6.07, 6.45) is 1.70. The molecular weight excluding hydrogens is 300 g/mol. The molecule has 2 aromatic carbocycles. The average Bonchev–Trinajstić information content (AvgIpc) is 2.55. The van der Waals surface area contributed by atoms with Gasteiger partial charge < -0.3 is 10.1 Å². The second kappa shape index (κ2) is 6.03. The molecular formula is C17H13ClN2O2. The number of hydrogen-bond acceptors (Lipinski definition) is 3. The van der Waals surface area contributed by atoms with Crippen molar-refractivity contribution in [3.05, 3.63) is 65.3 Å². The topological polar surface area (TPSA) is 51.2 Å². The summed E-state index contributed by atoms with van der Waals surface area (Å²) >= 11 is 5.92. The third kappa shape index (κ3) is 2.73. The molecule has 3 rings (SSSR count). The Bertz CT molecular complexity index is 844. The molecule has 1 N–H and O–H groups in total. The van der Waals surface area contributed by atoms with E-state index < -0.39 is 0 Å². The van der Waals surface area contributed by atoms with Gasteiger partial charge in [0.05, 0.1) is 23.9 Å². The molecule has 3 aromatic rings. The van der Waals surface area contributed by atoms with Crippen molar-refractivity contribution in [3.63, 3.8) is 0 Å². The standard InChI is InChI=1S/C17H13ClN2O2/c1-22-15-10-12(18)7-8-13(15)17(21)20-14-6-2-4-11-5-3-9-19-16(11)14/h2-10H,1H3,(H,20,21). The molecule has 0 radical (unpaired) electrons. The van der Waals surface area contributed by atoms with Gasteiger partial charge in [-0.15, -0.1) is 0 Å². The zero-order valence-electron chi connectivity index (χ0n) is 11.8. The number of carbonyl (C=O) groups excluding carboxylic acids is 1. The molecule has 0 saturated heterocycles. The van der Waals surface area contributed by atoms with Crippen LogP contribution in [-0.4, -0.2) is 18.0 Å². The maximum atomic E-state index is 12.5. The van der Waals surface area contributed by atoms with E-state index in [0.29, 0.717) is 22.0 Å². The normalized spacial score (nSPS) is 10.5. The average molecular weight is 313 g/mol. The molecule has 0 saturated carbocycles. The predicted molar refractivity (Wildman–Crippen MR) is 87.7 cm³/mol. The lowest BCUT2D eigenvalue weighted by atomic mass is 10.1. The van der Waals surface area contributed by atoms with E-state index in [1.165, 1.54) is 7.11 Å². The van der Waals surface area contributed by atoms with Crippen molar-refractivity contribution >= 4 is 34.1 Å². The van der Waals surface area contributed by atoms with Crippen molar-refractivity contribution in [3.8, 4) is 5.75 Å². The number of benzene rings is 2. The summed E-state index contributed by atoms with van der Waals surface area (Å²) in [5, 5.41) is 4.35. The quantitative estimate of drug-likeness (QED) is 0.790. The first-order valence-electron chi connectivity index (χ1n) is 6.67. The van der Waals surface area contributed by atoms with Crippen molar-refractivity contribution in [2.24, 2.45) is 0 Å². The Morgan fingerprint density at radius 1 is 1.18 bits per heavy atom. The van der Waals surface area contributed by atoms with E-state index in [2.05, 4.69) is 10.3 Å². The minimum absolute atomic E-state index is 0.272. The molecule has 0 fully saturated rings. The number of aromatic nitrogens is 1. The molecule has 0 aliphatic rings. The van der Waals surface area contributed by atoms with Gasteiger partial charge in [0.25, 0.3) is 5.91 Å². The third-order valence-corrected chi connectivity index (χ3v) is 3.52. The Hall–Kier alpha value is -2.59. The molecule has 0 aliphatic heterocycles. The van der Waals surface area contributed by atoms with Crippen LogP contribution in [0.3, 0.4) is 0 Å². The highest BCUT2D eigenvalue weighted by Crippen LogP contribution is 2.26. The Kier molecular flexibility index (Phi) is 3.94. The molecule has 1 amide bonds. The Balaban J connectivity index is 1.97. The van der Waals surface area contributed by atoms with Crippen LogP contribution in [0.15, 0.2) is 54.7 Å². The highest BCUT2D eigenvalue weighted by molar-refractivity contribution is 6.31. The number of rotatable bonds is 3. The van der Waals surface area contributed by atoms with E-state index in [0.717, 1.165) is 10.9 Å².